The molecule has 0 saturated carbocycles. The monoisotopic (exact) mass is 334 g/mol. The smallest absolute Gasteiger partial charge is 0.459 e. The molecule has 0 bridgehead atoms. The summed E-state index contributed by atoms with van der Waals surface area (Å²) in [5, 5.41) is 9.54. The molecule has 0 spiro atoms. The van der Waals surface area contributed by atoms with Gasteiger partial charge in [0.1, 0.15) is 5.75 Å². The van der Waals surface area contributed by atoms with Crippen molar-refractivity contribution in [3.63, 3.8) is 0 Å². The van der Waals surface area contributed by atoms with Crippen molar-refractivity contribution in [3.8, 4) is 5.75 Å². The summed E-state index contributed by atoms with van der Waals surface area (Å²) in [6, 6.07) is 4.93. The van der Waals surface area contributed by atoms with Crippen LogP contribution in [0, 0.1) is 0 Å². The molecule has 126 valence electrons. The molecule has 1 aromatic carbocycles. The fraction of sp³-hybridized carbons (Fsp3) is 0.538. The lowest BCUT2D eigenvalue weighted by Crippen LogP contribution is -2.52. The van der Waals surface area contributed by atoms with E-state index < -0.39 is 30.5 Å². The molecule has 0 aliphatic rings. The molecule has 0 saturated heterocycles. The molecule has 2 nitrogen and oxygen atoms in total. The van der Waals surface area contributed by atoms with Crippen LogP contribution in [0.25, 0.3) is 0 Å². The van der Waals surface area contributed by atoms with E-state index in [-0.39, 0.29) is 17.9 Å². The first kappa shape index (κ1) is 18.5. The summed E-state index contributed by atoms with van der Waals surface area (Å²) < 4.78 is 93.1. The molecule has 0 fully saturated rings. The standard InChI is InChI=1S/C13H13F7O2/c1-2-22-9-5-3-4-8(6-9)10(21)7-11(14,15)12(16,17)13(18,19)20/h3-6,10,21H,2,7H2,1H3. The van der Waals surface area contributed by atoms with Crippen molar-refractivity contribution in [1.29, 1.82) is 0 Å². The lowest BCUT2D eigenvalue weighted by Gasteiger charge is -2.29. The number of ether oxygens (including phenoxy) is 1. The molecule has 0 aliphatic heterocycles. The first-order valence-electron chi connectivity index (χ1n) is 6.15. The Morgan fingerprint density at radius 2 is 1.68 bits per heavy atom. The van der Waals surface area contributed by atoms with Gasteiger partial charge in [-0.25, -0.2) is 0 Å². The fourth-order valence-electron chi connectivity index (χ4n) is 1.67. The second kappa shape index (κ2) is 6.31. The minimum Gasteiger partial charge on any atom is -0.494 e. The van der Waals surface area contributed by atoms with Gasteiger partial charge in [-0.2, -0.15) is 30.7 Å². The first-order valence-corrected chi connectivity index (χ1v) is 6.15. The molecular weight excluding hydrogens is 321 g/mol. The topological polar surface area (TPSA) is 29.5 Å². The Labute approximate surface area is 121 Å². The van der Waals surface area contributed by atoms with E-state index in [1.165, 1.54) is 12.1 Å². The molecular formula is C13H13F7O2. The summed E-state index contributed by atoms with van der Waals surface area (Å²) in [4.78, 5) is 0. The maximum Gasteiger partial charge on any atom is 0.459 e. The van der Waals surface area contributed by atoms with E-state index in [1.54, 1.807) is 6.92 Å². The number of aliphatic hydroxyl groups is 1. The summed E-state index contributed by atoms with van der Waals surface area (Å²) in [5.74, 6) is -11.5. The van der Waals surface area contributed by atoms with Crippen molar-refractivity contribution < 1.29 is 40.6 Å². The quantitative estimate of drug-likeness (QED) is 0.784. The Hall–Kier alpha value is -1.51. The number of aliphatic hydroxyl groups excluding tert-OH is 1. The molecule has 0 radical (unpaired) electrons. The molecule has 9 heteroatoms. The number of alkyl halides is 7. The normalized spacial score (nSPS) is 14.8. The molecule has 1 N–H and O–H groups in total. The van der Waals surface area contributed by atoms with Crippen LogP contribution in [-0.4, -0.2) is 29.7 Å². The average Bonchev–Trinajstić information content (AvgIpc) is 2.37. The largest absolute Gasteiger partial charge is 0.494 e. The maximum absolute atomic E-state index is 13.2. The van der Waals surface area contributed by atoms with Gasteiger partial charge in [0.15, 0.2) is 0 Å². The van der Waals surface area contributed by atoms with Crippen molar-refractivity contribution in [2.24, 2.45) is 0 Å². The molecule has 1 atom stereocenters. The Morgan fingerprint density at radius 3 is 2.18 bits per heavy atom. The van der Waals surface area contributed by atoms with Crippen molar-refractivity contribution >= 4 is 0 Å². The molecule has 0 aliphatic carbocycles. The third kappa shape index (κ3) is 3.82. The molecule has 1 rings (SSSR count). The van der Waals surface area contributed by atoms with E-state index in [4.69, 9.17) is 4.74 Å². The van der Waals surface area contributed by atoms with Crippen molar-refractivity contribution in [1.82, 2.24) is 0 Å². The summed E-state index contributed by atoms with van der Waals surface area (Å²) in [5.41, 5.74) is -0.247. The zero-order chi connectivity index (χ0) is 17.2. The van der Waals surface area contributed by atoms with Gasteiger partial charge in [0.2, 0.25) is 0 Å². The van der Waals surface area contributed by atoms with Crippen LogP contribution in [0.15, 0.2) is 24.3 Å². The molecule has 22 heavy (non-hydrogen) atoms. The highest BCUT2D eigenvalue weighted by molar-refractivity contribution is 5.30. The lowest BCUT2D eigenvalue weighted by atomic mass is 9.98. The van der Waals surface area contributed by atoms with E-state index in [2.05, 4.69) is 0 Å². The predicted molar refractivity (Wildman–Crippen MR) is 63.1 cm³/mol. The third-order valence-corrected chi connectivity index (χ3v) is 2.82. The van der Waals surface area contributed by atoms with E-state index in [0.717, 1.165) is 12.1 Å². The van der Waals surface area contributed by atoms with Gasteiger partial charge >= 0.3 is 18.0 Å². The van der Waals surface area contributed by atoms with Gasteiger partial charge < -0.3 is 9.84 Å². The highest BCUT2D eigenvalue weighted by atomic mass is 19.4. The van der Waals surface area contributed by atoms with Crippen LogP contribution >= 0.6 is 0 Å². The Balaban J connectivity index is 2.96. The van der Waals surface area contributed by atoms with Gasteiger partial charge in [-0.3, -0.25) is 0 Å². The third-order valence-electron chi connectivity index (χ3n) is 2.82. The van der Waals surface area contributed by atoms with Crippen LogP contribution in [0.3, 0.4) is 0 Å². The molecule has 0 heterocycles. The highest BCUT2D eigenvalue weighted by Gasteiger charge is 2.72. The van der Waals surface area contributed by atoms with Gasteiger partial charge in [-0.15, -0.1) is 0 Å². The predicted octanol–water partition coefficient (Wildman–Crippen LogP) is 4.34. The lowest BCUT2D eigenvalue weighted by molar-refractivity contribution is -0.358. The number of rotatable bonds is 6. The number of halogens is 7. The highest BCUT2D eigenvalue weighted by Crippen LogP contribution is 2.49. The van der Waals surface area contributed by atoms with Gasteiger partial charge in [-0.05, 0) is 24.6 Å². The number of benzene rings is 1. The average molecular weight is 334 g/mol. The van der Waals surface area contributed by atoms with Crippen LogP contribution in [0.4, 0.5) is 30.7 Å². The molecule has 1 aromatic rings. The van der Waals surface area contributed by atoms with Crippen LogP contribution in [0.5, 0.6) is 5.75 Å². The van der Waals surface area contributed by atoms with E-state index in [1.807, 2.05) is 0 Å². The number of hydrogen-bond acceptors (Lipinski definition) is 2. The van der Waals surface area contributed by atoms with Crippen LogP contribution < -0.4 is 4.74 Å². The zero-order valence-corrected chi connectivity index (χ0v) is 11.3. The second-order valence-corrected chi connectivity index (χ2v) is 4.50. The molecule has 0 aromatic heterocycles. The summed E-state index contributed by atoms with van der Waals surface area (Å²) in [6.45, 7) is 1.85. The van der Waals surface area contributed by atoms with Gasteiger partial charge in [0.05, 0.1) is 12.7 Å². The van der Waals surface area contributed by atoms with Crippen molar-refractivity contribution in [2.45, 2.75) is 37.5 Å². The zero-order valence-electron chi connectivity index (χ0n) is 11.3. The van der Waals surface area contributed by atoms with Gasteiger partial charge in [0.25, 0.3) is 0 Å². The van der Waals surface area contributed by atoms with Gasteiger partial charge in [-0.1, -0.05) is 12.1 Å². The van der Waals surface area contributed by atoms with E-state index >= 15 is 0 Å². The van der Waals surface area contributed by atoms with Crippen LogP contribution in [0.1, 0.15) is 25.0 Å². The second-order valence-electron chi connectivity index (χ2n) is 4.50. The Kier molecular flexibility index (Phi) is 5.32. The first-order chi connectivity index (χ1) is 9.92. The van der Waals surface area contributed by atoms with Crippen LogP contribution in [-0.2, 0) is 0 Å². The molecule has 1 unspecified atom stereocenters. The number of hydrogen-bond donors (Lipinski definition) is 1. The van der Waals surface area contributed by atoms with Crippen LogP contribution in [0.2, 0.25) is 0 Å². The summed E-state index contributed by atoms with van der Waals surface area (Å²) >= 11 is 0. The Morgan fingerprint density at radius 1 is 1.09 bits per heavy atom. The summed E-state index contributed by atoms with van der Waals surface area (Å²) in [7, 11) is 0. The van der Waals surface area contributed by atoms with Crippen molar-refractivity contribution in [3.05, 3.63) is 29.8 Å². The minimum atomic E-state index is -6.41. The van der Waals surface area contributed by atoms with E-state index in [9.17, 15) is 35.8 Å². The minimum absolute atomic E-state index is 0.171. The maximum atomic E-state index is 13.2. The summed E-state index contributed by atoms with van der Waals surface area (Å²) in [6.07, 6.45) is -10.7. The van der Waals surface area contributed by atoms with E-state index in [0.29, 0.717) is 0 Å². The van der Waals surface area contributed by atoms with Gasteiger partial charge in [0, 0.05) is 6.42 Å². The fourth-order valence-corrected chi connectivity index (χ4v) is 1.67. The molecule has 0 amide bonds. The SMILES string of the molecule is CCOc1cccc(C(O)CC(F)(F)C(F)(F)C(F)(F)F)c1. The Bertz CT molecular complexity index is 499. The van der Waals surface area contributed by atoms with Crippen molar-refractivity contribution in [2.75, 3.05) is 6.61 Å².